The third kappa shape index (κ3) is 3.24. The molecule has 0 bridgehead atoms. The highest BCUT2D eigenvalue weighted by Gasteiger charge is 2.06. The van der Waals surface area contributed by atoms with E-state index in [0.717, 1.165) is 11.3 Å². The summed E-state index contributed by atoms with van der Waals surface area (Å²) in [6, 6.07) is 13.7. The SMILES string of the molecule is CN(Cc1ccc(F)cc1)c1ccc(C#N)c(Cl)c1. The molecule has 2 nitrogen and oxygen atoms in total. The zero-order valence-electron chi connectivity index (χ0n) is 10.4. The molecule has 0 atom stereocenters. The van der Waals surface area contributed by atoms with Gasteiger partial charge in [-0.25, -0.2) is 4.39 Å². The molecule has 2 rings (SSSR count). The van der Waals surface area contributed by atoms with Crippen LogP contribution < -0.4 is 4.90 Å². The molecule has 0 aromatic heterocycles. The Morgan fingerprint density at radius 2 is 1.89 bits per heavy atom. The first kappa shape index (κ1) is 13.4. The average Bonchev–Trinajstić information content (AvgIpc) is 2.41. The van der Waals surface area contributed by atoms with Crippen LogP contribution in [-0.4, -0.2) is 7.05 Å². The van der Waals surface area contributed by atoms with Gasteiger partial charge in [0.1, 0.15) is 11.9 Å². The van der Waals surface area contributed by atoms with Crippen molar-refractivity contribution in [1.82, 2.24) is 0 Å². The maximum absolute atomic E-state index is 12.8. The Morgan fingerprint density at radius 1 is 1.21 bits per heavy atom. The molecule has 2 aromatic carbocycles. The topological polar surface area (TPSA) is 27.0 Å². The number of nitriles is 1. The molecule has 2 aromatic rings. The second-order valence-corrected chi connectivity index (χ2v) is 4.67. The number of anilines is 1. The van der Waals surface area contributed by atoms with Gasteiger partial charge in [0, 0.05) is 19.3 Å². The molecule has 19 heavy (non-hydrogen) atoms. The minimum absolute atomic E-state index is 0.243. The van der Waals surface area contributed by atoms with Gasteiger partial charge in [0.2, 0.25) is 0 Å². The molecule has 0 radical (unpaired) electrons. The van der Waals surface area contributed by atoms with E-state index in [4.69, 9.17) is 16.9 Å². The van der Waals surface area contributed by atoms with E-state index >= 15 is 0 Å². The van der Waals surface area contributed by atoms with Crippen LogP contribution in [-0.2, 0) is 6.54 Å². The predicted octanol–water partition coefficient (Wildman–Crippen LogP) is 3.99. The summed E-state index contributed by atoms with van der Waals surface area (Å²) in [6.07, 6.45) is 0. The Morgan fingerprint density at radius 3 is 2.47 bits per heavy atom. The van der Waals surface area contributed by atoms with Gasteiger partial charge in [0.25, 0.3) is 0 Å². The number of hydrogen-bond acceptors (Lipinski definition) is 2. The van der Waals surface area contributed by atoms with Crippen LogP contribution in [0.5, 0.6) is 0 Å². The minimum Gasteiger partial charge on any atom is -0.370 e. The van der Waals surface area contributed by atoms with Gasteiger partial charge in [-0.15, -0.1) is 0 Å². The Labute approximate surface area is 116 Å². The van der Waals surface area contributed by atoms with Gasteiger partial charge in [-0.2, -0.15) is 5.26 Å². The maximum atomic E-state index is 12.8. The first-order chi connectivity index (χ1) is 9.10. The summed E-state index contributed by atoms with van der Waals surface area (Å²) >= 11 is 6.00. The van der Waals surface area contributed by atoms with Gasteiger partial charge in [-0.05, 0) is 35.9 Å². The molecule has 0 saturated carbocycles. The summed E-state index contributed by atoms with van der Waals surface area (Å²) in [5, 5.41) is 9.26. The Bertz CT molecular complexity index is 617. The number of benzene rings is 2. The molecule has 0 amide bonds. The first-order valence-electron chi connectivity index (χ1n) is 5.75. The lowest BCUT2D eigenvalue weighted by molar-refractivity contribution is 0.627. The van der Waals surface area contributed by atoms with Crippen molar-refractivity contribution in [3.63, 3.8) is 0 Å². The van der Waals surface area contributed by atoms with Crippen LogP contribution in [0.3, 0.4) is 0 Å². The van der Waals surface area contributed by atoms with Gasteiger partial charge in [-0.1, -0.05) is 23.7 Å². The highest BCUT2D eigenvalue weighted by Crippen LogP contribution is 2.23. The fourth-order valence-electron chi connectivity index (χ4n) is 1.79. The van der Waals surface area contributed by atoms with E-state index in [0.29, 0.717) is 17.1 Å². The molecule has 0 unspecified atom stereocenters. The summed E-state index contributed by atoms with van der Waals surface area (Å²) in [6.45, 7) is 0.641. The van der Waals surface area contributed by atoms with Gasteiger partial charge < -0.3 is 4.90 Å². The Balaban J connectivity index is 2.16. The number of halogens is 2. The highest BCUT2D eigenvalue weighted by molar-refractivity contribution is 6.32. The lowest BCUT2D eigenvalue weighted by atomic mass is 10.1. The predicted molar refractivity (Wildman–Crippen MR) is 74.7 cm³/mol. The smallest absolute Gasteiger partial charge is 0.123 e. The molecule has 0 aliphatic rings. The standard InChI is InChI=1S/C15H12ClFN2/c1-19(10-11-2-5-13(17)6-3-11)14-7-4-12(9-18)15(16)8-14/h2-8H,10H2,1H3. The van der Waals surface area contributed by atoms with E-state index in [1.54, 1.807) is 24.3 Å². The molecule has 0 aliphatic carbocycles. The second kappa shape index (κ2) is 5.73. The summed E-state index contributed by atoms with van der Waals surface area (Å²) < 4.78 is 12.8. The fraction of sp³-hybridized carbons (Fsp3) is 0.133. The van der Waals surface area contributed by atoms with Gasteiger partial charge in [0.05, 0.1) is 10.6 Å². The van der Waals surface area contributed by atoms with Crippen LogP contribution in [0.25, 0.3) is 0 Å². The number of rotatable bonds is 3. The lowest BCUT2D eigenvalue weighted by Gasteiger charge is -2.19. The molecular formula is C15H12ClFN2. The summed E-state index contributed by atoms with van der Waals surface area (Å²) in [4.78, 5) is 1.99. The minimum atomic E-state index is -0.243. The molecule has 0 N–H and O–H groups in total. The van der Waals surface area contributed by atoms with Crippen molar-refractivity contribution in [3.05, 3.63) is 64.4 Å². The van der Waals surface area contributed by atoms with Crippen molar-refractivity contribution < 1.29 is 4.39 Å². The number of nitrogens with zero attached hydrogens (tertiary/aromatic N) is 2. The molecule has 0 heterocycles. The van der Waals surface area contributed by atoms with Gasteiger partial charge in [0.15, 0.2) is 0 Å². The van der Waals surface area contributed by atoms with Crippen LogP contribution in [0.2, 0.25) is 5.02 Å². The zero-order chi connectivity index (χ0) is 13.8. The van der Waals surface area contributed by atoms with Gasteiger partial charge >= 0.3 is 0 Å². The van der Waals surface area contributed by atoms with Crippen LogP contribution in [0.4, 0.5) is 10.1 Å². The van der Waals surface area contributed by atoms with Crippen LogP contribution >= 0.6 is 11.6 Å². The van der Waals surface area contributed by atoms with E-state index in [2.05, 4.69) is 0 Å². The van der Waals surface area contributed by atoms with E-state index in [1.165, 1.54) is 12.1 Å². The monoisotopic (exact) mass is 274 g/mol. The third-order valence-electron chi connectivity index (χ3n) is 2.85. The van der Waals surface area contributed by atoms with E-state index in [1.807, 2.05) is 24.1 Å². The summed E-state index contributed by atoms with van der Waals surface area (Å²) in [5.41, 5.74) is 2.37. The third-order valence-corrected chi connectivity index (χ3v) is 3.16. The largest absolute Gasteiger partial charge is 0.370 e. The molecule has 96 valence electrons. The van der Waals surface area contributed by atoms with Crippen LogP contribution in [0.15, 0.2) is 42.5 Å². The Kier molecular flexibility index (Phi) is 4.03. The molecule has 4 heteroatoms. The van der Waals surface area contributed by atoms with Gasteiger partial charge in [-0.3, -0.25) is 0 Å². The molecule has 0 aliphatic heterocycles. The van der Waals surface area contributed by atoms with Crippen molar-refractivity contribution in [3.8, 4) is 6.07 Å². The normalized spacial score (nSPS) is 10.0. The lowest BCUT2D eigenvalue weighted by Crippen LogP contribution is -2.16. The quantitative estimate of drug-likeness (QED) is 0.846. The summed E-state index contributed by atoms with van der Waals surface area (Å²) in [7, 11) is 1.92. The van der Waals surface area contributed by atoms with Crippen molar-refractivity contribution >= 4 is 17.3 Å². The molecule has 0 fully saturated rings. The molecular weight excluding hydrogens is 263 g/mol. The zero-order valence-corrected chi connectivity index (χ0v) is 11.2. The van der Waals surface area contributed by atoms with E-state index in [-0.39, 0.29) is 5.82 Å². The number of hydrogen-bond donors (Lipinski definition) is 0. The maximum Gasteiger partial charge on any atom is 0.123 e. The first-order valence-corrected chi connectivity index (χ1v) is 6.13. The van der Waals surface area contributed by atoms with E-state index < -0.39 is 0 Å². The van der Waals surface area contributed by atoms with Crippen molar-refractivity contribution in [1.29, 1.82) is 5.26 Å². The van der Waals surface area contributed by atoms with Crippen molar-refractivity contribution in [2.45, 2.75) is 6.54 Å². The van der Waals surface area contributed by atoms with Crippen LogP contribution in [0.1, 0.15) is 11.1 Å². The Hall–Kier alpha value is -2.05. The highest BCUT2D eigenvalue weighted by atomic mass is 35.5. The second-order valence-electron chi connectivity index (χ2n) is 4.26. The van der Waals surface area contributed by atoms with Crippen LogP contribution in [0, 0.1) is 17.1 Å². The summed E-state index contributed by atoms with van der Waals surface area (Å²) in [5.74, 6) is -0.243. The molecule has 0 spiro atoms. The fourth-order valence-corrected chi connectivity index (χ4v) is 2.00. The average molecular weight is 275 g/mol. The van der Waals surface area contributed by atoms with E-state index in [9.17, 15) is 4.39 Å². The molecule has 0 saturated heterocycles. The van der Waals surface area contributed by atoms with Crippen molar-refractivity contribution in [2.24, 2.45) is 0 Å². The van der Waals surface area contributed by atoms with Crippen molar-refractivity contribution in [2.75, 3.05) is 11.9 Å².